The molecule has 172 valence electrons. The maximum absolute atomic E-state index is 13.4. The molecular weight excluding hydrogens is 446 g/mol. The molecule has 1 atom stereocenters. The maximum Gasteiger partial charge on any atom is 0.232 e. The molecule has 0 aromatic heterocycles. The third-order valence-electron chi connectivity index (χ3n) is 6.62. The average Bonchev–Trinajstić information content (AvgIpc) is 2.85. The summed E-state index contributed by atoms with van der Waals surface area (Å²) in [6.07, 6.45) is 2.22. The number of Topliss-reactive ketones (excluding diaryl/α,β-unsaturated/α-hetero) is 1. The fraction of sp³-hybridized carbons (Fsp3) is 0.241. The van der Waals surface area contributed by atoms with Crippen molar-refractivity contribution in [1.29, 1.82) is 0 Å². The molecule has 5 heteroatoms. The van der Waals surface area contributed by atoms with Gasteiger partial charge in [0.05, 0.1) is 5.69 Å². The molecule has 1 amide bonds. The van der Waals surface area contributed by atoms with E-state index in [1.54, 1.807) is 4.90 Å². The molecule has 0 saturated carbocycles. The normalized spacial score (nSPS) is 18.2. The molecule has 2 aliphatic rings. The lowest BCUT2D eigenvalue weighted by molar-refractivity contribution is -0.119. The highest BCUT2D eigenvalue weighted by Gasteiger charge is 2.39. The van der Waals surface area contributed by atoms with Crippen LogP contribution in [0.15, 0.2) is 84.1 Å². The highest BCUT2D eigenvalue weighted by Crippen LogP contribution is 2.44. The van der Waals surface area contributed by atoms with Gasteiger partial charge in [-0.2, -0.15) is 0 Å². The minimum Gasteiger partial charge on any atom is -0.489 e. The number of anilines is 1. The summed E-state index contributed by atoms with van der Waals surface area (Å²) in [5.41, 5.74) is 5.33. The van der Waals surface area contributed by atoms with Crippen LogP contribution in [0.2, 0.25) is 5.02 Å². The van der Waals surface area contributed by atoms with E-state index >= 15 is 0 Å². The van der Waals surface area contributed by atoms with Crippen LogP contribution in [0.1, 0.15) is 48.3 Å². The summed E-state index contributed by atoms with van der Waals surface area (Å²) in [6.45, 7) is 2.42. The summed E-state index contributed by atoms with van der Waals surface area (Å²) >= 11 is 6.36. The van der Waals surface area contributed by atoms with Gasteiger partial charge in [0.1, 0.15) is 12.4 Å². The summed E-state index contributed by atoms with van der Waals surface area (Å²) < 4.78 is 5.91. The standard InChI is InChI=1S/C29H26ClNO3/c1-19-10-13-22(16-25(19)30)31-26-8-5-9-27(32)29(26)24(17-28(31)33)21-11-14-23(15-12-21)34-18-20-6-3-2-4-7-20/h2-4,6-7,10-16,24H,5,8-9,17-18H2,1H3. The van der Waals surface area contributed by atoms with Crippen molar-refractivity contribution in [3.63, 3.8) is 0 Å². The highest BCUT2D eigenvalue weighted by atomic mass is 35.5. The zero-order valence-electron chi connectivity index (χ0n) is 19.1. The molecular formula is C29H26ClNO3. The van der Waals surface area contributed by atoms with E-state index in [1.165, 1.54) is 0 Å². The van der Waals surface area contributed by atoms with E-state index in [9.17, 15) is 9.59 Å². The van der Waals surface area contributed by atoms with Crippen LogP contribution in [-0.4, -0.2) is 11.7 Å². The fourth-order valence-electron chi connectivity index (χ4n) is 4.84. The van der Waals surface area contributed by atoms with Gasteiger partial charge < -0.3 is 4.74 Å². The van der Waals surface area contributed by atoms with Gasteiger partial charge in [0, 0.05) is 35.1 Å². The Kier molecular flexibility index (Phi) is 6.25. The Morgan fingerprint density at radius 2 is 1.74 bits per heavy atom. The quantitative estimate of drug-likeness (QED) is 0.413. The van der Waals surface area contributed by atoms with Gasteiger partial charge in [-0.3, -0.25) is 14.5 Å². The molecule has 1 aliphatic carbocycles. The van der Waals surface area contributed by atoms with Crippen molar-refractivity contribution >= 4 is 29.0 Å². The van der Waals surface area contributed by atoms with Crippen LogP contribution >= 0.6 is 11.6 Å². The van der Waals surface area contributed by atoms with Crippen molar-refractivity contribution < 1.29 is 14.3 Å². The number of hydrogen-bond donors (Lipinski definition) is 0. The summed E-state index contributed by atoms with van der Waals surface area (Å²) in [5.74, 6) is 0.639. The zero-order chi connectivity index (χ0) is 23.7. The number of rotatable bonds is 5. The molecule has 0 spiro atoms. The van der Waals surface area contributed by atoms with Crippen LogP contribution in [0.5, 0.6) is 5.75 Å². The molecule has 1 unspecified atom stereocenters. The first-order valence-electron chi connectivity index (χ1n) is 11.6. The molecule has 3 aromatic rings. The smallest absolute Gasteiger partial charge is 0.232 e. The van der Waals surface area contributed by atoms with Gasteiger partial charge in [-0.15, -0.1) is 0 Å². The number of amides is 1. The number of carbonyl (C=O) groups is 2. The Morgan fingerprint density at radius 3 is 2.47 bits per heavy atom. The summed E-state index contributed by atoms with van der Waals surface area (Å²) in [7, 11) is 0. The van der Waals surface area contributed by atoms with Crippen molar-refractivity contribution in [2.45, 2.75) is 45.1 Å². The third kappa shape index (κ3) is 4.38. The van der Waals surface area contributed by atoms with Crippen LogP contribution in [0, 0.1) is 6.92 Å². The Hall–Kier alpha value is -3.37. The molecule has 4 nitrogen and oxygen atoms in total. The highest BCUT2D eigenvalue weighted by molar-refractivity contribution is 6.31. The summed E-state index contributed by atoms with van der Waals surface area (Å²) in [6, 6.07) is 23.4. The molecule has 3 aromatic carbocycles. The lowest BCUT2D eigenvalue weighted by Crippen LogP contribution is -2.40. The monoisotopic (exact) mass is 471 g/mol. The molecule has 5 rings (SSSR count). The fourth-order valence-corrected chi connectivity index (χ4v) is 5.01. The topological polar surface area (TPSA) is 46.6 Å². The first-order chi connectivity index (χ1) is 16.5. The minimum absolute atomic E-state index is 0.0113. The molecule has 0 N–H and O–H groups in total. The Balaban J connectivity index is 1.44. The van der Waals surface area contributed by atoms with Gasteiger partial charge in [0.2, 0.25) is 5.91 Å². The number of carbonyl (C=O) groups excluding carboxylic acids is 2. The van der Waals surface area contributed by atoms with E-state index < -0.39 is 0 Å². The molecule has 0 radical (unpaired) electrons. The number of halogens is 1. The third-order valence-corrected chi connectivity index (χ3v) is 7.03. The SMILES string of the molecule is Cc1ccc(N2C(=O)CC(c3ccc(OCc4ccccc4)cc3)C3=C2CCCC3=O)cc1Cl. The number of benzene rings is 3. The molecule has 1 heterocycles. The Morgan fingerprint density at radius 1 is 0.971 bits per heavy atom. The second kappa shape index (κ2) is 9.47. The van der Waals surface area contributed by atoms with E-state index in [-0.39, 0.29) is 24.0 Å². The number of ether oxygens (including phenoxy) is 1. The number of ketones is 1. The van der Waals surface area contributed by atoms with Gasteiger partial charge >= 0.3 is 0 Å². The largest absolute Gasteiger partial charge is 0.489 e. The predicted octanol–water partition coefficient (Wildman–Crippen LogP) is 6.76. The maximum atomic E-state index is 13.4. The number of hydrogen-bond acceptors (Lipinski definition) is 3. The van der Waals surface area contributed by atoms with Crippen LogP contribution in [0.4, 0.5) is 5.69 Å². The second-order valence-electron chi connectivity index (χ2n) is 8.90. The first-order valence-corrected chi connectivity index (χ1v) is 12.0. The van der Waals surface area contributed by atoms with Gasteiger partial charge in [-0.25, -0.2) is 0 Å². The Bertz CT molecular complexity index is 1260. The van der Waals surface area contributed by atoms with E-state index in [0.29, 0.717) is 24.5 Å². The van der Waals surface area contributed by atoms with Gasteiger partial charge in [0.25, 0.3) is 0 Å². The molecule has 0 saturated heterocycles. The van der Waals surface area contributed by atoms with Crippen LogP contribution < -0.4 is 9.64 Å². The van der Waals surface area contributed by atoms with Crippen LogP contribution in [0.3, 0.4) is 0 Å². The summed E-state index contributed by atoms with van der Waals surface area (Å²) in [4.78, 5) is 28.2. The van der Waals surface area contributed by atoms with Crippen molar-refractivity contribution in [2.75, 3.05) is 4.90 Å². The van der Waals surface area contributed by atoms with E-state index in [0.717, 1.165) is 45.8 Å². The molecule has 0 fully saturated rings. The van der Waals surface area contributed by atoms with Crippen molar-refractivity contribution in [3.05, 3.63) is 106 Å². The lowest BCUT2D eigenvalue weighted by atomic mass is 9.77. The van der Waals surface area contributed by atoms with Crippen molar-refractivity contribution in [1.82, 2.24) is 0 Å². The Labute approximate surface area is 204 Å². The second-order valence-corrected chi connectivity index (χ2v) is 9.31. The molecule has 1 aliphatic heterocycles. The zero-order valence-corrected chi connectivity index (χ0v) is 19.8. The van der Waals surface area contributed by atoms with Crippen molar-refractivity contribution in [3.8, 4) is 5.75 Å². The lowest BCUT2D eigenvalue weighted by Gasteiger charge is -2.38. The minimum atomic E-state index is -0.240. The van der Waals surface area contributed by atoms with Crippen molar-refractivity contribution in [2.24, 2.45) is 0 Å². The van der Waals surface area contributed by atoms with E-state index in [2.05, 4.69) is 0 Å². The molecule has 0 bridgehead atoms. The number of allylic oxidation sites excluding steroid dienone is 2. The van der Waals surface area contributed by atoms with Gasteiger partial charge in [-0.1, -0.05) is 60.1 Å². The van der Waals surface area contributed by atoms with Crippen LogP contribution in [0.25, 0.3) is 0 Å². The van der Waals surface area contributed by atoms with Gasteiger partial charge in [-0.05, 0) is 60.7 Å². The number of aryl methyl sites for hydroxylation is 1. The summed E-state index contributed by atoms with van der Waals surface area (Å²) in [5, 5.41) is 0.614. The van der Waals surface area contributed by atoms with Gasteiger partial charge in [0.15, 0.2) is 5.78 Å². The first kappa shape index (κ1) is 22.4. The molecule has 34 heavy (non-hydrogen) atoms. The van der Waals surface area contributed by atoms with E-state index in [1.807, 2.05) is 79.7 Å². The average molecular weight is 472 g/mol. The van der Waals surface area contributed by atoms with E-state index in [4.69, 9.17) is 16.3 Å². The van der Waals surface area contributed by atoms with Crippen LogP contribution in [-0.2, 0) is 16.2 Å². The predicted molar refractivity (Wildman–Crippen MR) is 134 cm³/mol. The number of nitrogens with zero attached hydrogens (tertiary/aromatic N) is 1.